The third-order valence-corrected chi connectivity index (χ3v) is 4.75. The Kier molecular flexibility index (Phi) is 4.18. The molecule has 0 saturated carbocycles. The number of terminal acetylenes is 1. The van der Waals surface area contributed by atoms with Crippen LogP contribution in [0.5, 0.6) is 0 Å². The summed E-state index contributed by atoms with van der Waals surface area (Å²) in [6.45, 7) is 2.45. The van der Waals surface area contributed by atoms with Gasteiger partial charge < -0.3 is 5.32 Å². The number of fused-ring (bicyclic) bond motifs is 1. The molecule has 1 aromatic heterocycles. The van der Waals surface area contributed by atoms with Crippen LogP contribution in [0.15, 0.2) is 24.3 Å². The van der Waals surface area contributed by atoms with E-state index in [-0.39, 0.29) is 11.8 Å². The summed E-state index contributed by atoms with van der Waals surface area (Å²) in [6.07, 6.45) is 7.03. The summed E-state index contributed by atoms with van der Waals surface area (Å²) in [6, 6.07) is 7.91. The summed E-state index contributed by atoms with van der Waals surface area (Å²) in [5.41, 5.74) is 0.932. The van der Waals surface area contributed by atoms with E-state index in [4.69, 9.17) is 6.42 Å². The number of piperidine rings is 1. The molecule has 0 bridgehead atoms. The van der Waals surface area contributed by atoms with E-state index in [1.807, 2.05) is 24.3 Å². The van der Waals surface area contributed by atoms with E-state index >= 15 is 0 Å². The molecule has 2 aromatic rings. The summed E-state index contributed by atoms with van der Waals surface area (Å²) in [5.74, 6) is 2.79. The zero-order chi connectivity index (χ0) is 14.7. The van der Waals surface area contributed by atoms with Crippen molar-refractivity contribution in [1.29, 1.82) is 0 Å². The van der Waals surface area contributed by atoms with Crippen molar-refractivity contribution in [2.45, 2.75) is 12.8 Å². The maximum atomic E-state index is 12.3. The van der Waals surface area contributed by atoms with Crippen LogP contribution in [0, 0.1) is 18.3 Å². The number of carbonyl (C=O) groups excluding carboxylic acids is 1. The number of hydrogen-bond acceptors (Lipinski definition) is 4. The maximum Gasteiger partial charge on any atom is 0.229 e. The van der Waals surface area contributed by atoms with Gasteiger partial charge in [0.25, 0.3) is 0 Å². The van der Waals surface area contributed by atoms with E-state index in [0.29, 0.717) is 11.7 Å². The SMILES string of the molecule is C#CCN1CCC(C(=O)Nc2nc3ccccc3s2)CC1. The van der Waals surface area contributed by atoms with Crippen LogP contribution in [0.4, 0.5) is 5.13 Å². The molecule has 5 heteroatoms. The highest BCUT2D eigenvalue weighted by atomic mass is 32.1. The molecule has 1 N–H and O–H groups in total. The first-order valence-corrected chi connectivity index (χ1v) is 7.90. The normalized spacial score (nSPS) is 16.7. The summed E-state index contributed by atoms with van der Waals surface area (Å²) in [5, 5.41) is 3.64. The van der Waals surface area contributed by atoms with E-state index in [1.54, 1.807) is 0 Å². The van der Waals surface area contributed by atoms with E-state index in [1.165, 1.54) is 11.3 Å². The number of likely N-dealkylation sites (tertiary alicyclic amines) is 1. The molecule has 4 nitrogen and oxygen atoms in total. The molecule has 108 valence electrons. The largest absolute Gasteiger partial charge is 0.302 e. The van der Waals surface area contributed by atoms with Crippen LogP contribution in [-0.4, -0.2) is 35.4 Å². The number of benzene rings is 1. The molecule has 1 aliphatic rings. The van der Waals surface area contributed by atoms with Crippen LogP contribution >= 0.6 is 11.3 Å². The van der Waals surface area contributed by atoms with Crippen LogP contribution in [0.3, 0.4) is 0 Å². The van der Waals surface area contributed by atoms with Crippen LogP contribution in [0.25, 0.3) is 10.2 Å². The lowest BCUT2D eigenvalue weighted by atomic mass is 9.96. The van der Waals surface area contributed by atoms with Crippen molar-refractivity contribution >= 4 is 32.6 Å². The molecule has 0 spiro atoms. The van der Waals surface area contributed by atoms with Gasteiger partial charge in [0.05, 0.1) is 16.8 Å². The zero-order valence-electron chi connectivity index (χ0n) is 11.7. The Morgan fingerprint density at radius 2 is 2.19 bits per heavy atom. The van der Waals surface area contributed by atoms with E-state index in [9.17, 15) is 4.79 Å². The first kappa shape index (κ1) is 14.1. The van der Waals surface area contributed by atoms with Crippen molar-refractivity contribution < 1.29 is 4.79 Å². The minimum atomic E-state index is 0.0611. The van der Waals surface area contributed by atoms with E-state index in [2.05, 4.69) is 21.1 Å². The minimum Gasteiger partial charge on any atom is -0.302 e. The van der Waals surface area contributed by atoms with Gasteiger partial charge in [0.2, 0.25) is 5.91 Å². The third kappa shape index (κ3) is 3.23. The lowest BCUT2D eigenvalue weighted by molar-refractivity contribution is -0.121. The molecule has 0 unspecified atom stereocenters. The average Bonchev–Trinajstić information content (AvgIpc) is 2.90. The number of hydrogen-bond donors (Lipinski definition) is 1. The maximum absolute atomic E-state index is 12.3. The quantitative estimate of drug-likeness (QED) is 0.886. The molecule has 1 aromatic carbocycles. The van der Waals surface area contributed by atoms with Gasteiger partial charge in [-0.1, -0.05) is 29.4 Å². The van der Waals surface area contributed by atoms with Crippen molar-refractivity contribution in [2.75, 3.05) is 25.0 Å². The lowest BCUT2D eigenvalue weighted by Gasteiger charge is -2.29. The van der Waals surface area contributed by atoms with Gasteiger partial charge in [-0.25, -0.2) is 4.98 Å². The molecular weight excluding hydrogens is 282 g/mol. The van der Waals surface area contributed by atoms with Crippen LogP contribution in [0.2, 0.25) is 0 Å². The van der Waals surface area contributed by atoms with E-state index < -0.39 is 0 Å². The molecule has 1 fully saturated rings. The number of amides is 1. The highest BCUT2D eigenvalue weighted by Gasteiger charge is 2.25. The molecule has 1 amide bonds. The third-order valence-electron chi connectivity index (χ3n) is 3.80. The summed E-state index contributed by atoms with van der Waals surface area (Å²) < 4.78 is 1.09. The van der Waals surface area contributed by atoms with Crippen molar-refractivity contribution in [1.82, 2.24) is 9.88 Å². The number of nitrogens with zero attached hydrogens (tertiary/aromatic N) is 2. The van der Waals surface area contributed by atoms with E-state index in [0.717, 1.165) is 36.1 Å². The number of thiazole rings is 1. The van der Waals surface area contributed by atoms with Crippen molar-refractivity contribution in [3.8, 4) is 12.3 Å². The summed E-state index contributed by atoms with van der Waals surface area (Å²) in [4.78, 5) is 19.0. The Morgan fingerprint density at radius 3 is 2.90 bits per heavy atom. The van der Waals surface area contributed by atoms with Crippen LogP contribution in [-0.2, 0) is 4.79 Å². The van der Waals surface area contributed by atoms with Gasteiger partial charge >= 0.3 is 0 Å². The van der Waals surface area contributed by atoms with Crippen molar-refractivity contribution in [2.24, 2.45) is 5.92 Å². The van der Waals surface area contributed by atoms with Gasteiger partial charge in [-0.3, -0.25) is 9.69 Å². The van der Waals surface area contributed by atoms with Gasteiger partial charge in [0, 0.05) is 5.92 Å². The number of carbonyl (C=O) groups is 1. The number of aromatic nitrogens is 1. The molecule has 3 rings (SSSR count). The Balaban J connectivity index is 1.60. The Bertz CT molecular complexity index is 647. The first-order valence-electron chi connectivity index (χ1n) is 7.08. The highest BCUT2D eigenvalue weighted by molar-refractivity contribution is 7.22. The molecule has 2 heterocycles. The number of rotatable bonds is 3. The smallest absolute Gasteiger partial charge is 0.229 e. The summed E-state index contributed by atoms with van der Waals surface area (Å²) >= 11 is 1.52. The predicted molar refractivity (Wildman–Crippen MR) is 86.2 cm³/mol. The Hall–Kier alpha value is -1.90. The average molecular weight is 299 g/mol. The van der Waals surface area contributed by atoms with Gasteiger partial charge in [0.15, 0.2) is 5.13 Å². The van der Waals surface area contributed by atoms with Crippen LogP contribution in [0.1, 0.15) is 12.8 Å². The topological polar surface area (TPSA) is 45.2 Å². The molecule has 1 saturated heterocycles. The van der Waals surface area contributed by atoms with Crippen LogP contribution < -0.4 is 5.32 Å². The molecule has 1 aliphatic heterocycles. The second-order valence-corrected chi connectivity index (χ2v) is 6.26. The van der Waals surface area contributed by atoms with Crippen molar-refractivity contribution in [3.63, 3.8) is 0 Å². The molecule has 0 aliphatic carbocycles. The Morgan fingerprint density at radius 1 is 1.43 bits per heavy atom. The monoisotopic (exact) mass is 299 g/mol. The minimum absolute atomic E-state index is 0.0611. The second kappa shape index (κ2) is 6.25. The molecule has 0 atom stereocenters. The fraction of sp³-hybridized carbons (Fsp3) is 0.375. The van der Waals surface area contributed by atoms with Crippen molar-refractivity contribution in [3.05, 3.63) is 24.3 Å². The van der Waals surface area contributed by atoms with Gasteiger partial charge in [-0.15, -0.1) is 6.42 Å². The summed E-state index contributed by atoms with van der Waals surface area (Å²) in [7, 11) is 0. The molecule has 0 radical (unpaired) electrons. The van der Waals surface area contributed by atoms with Gasteiger partial charge in [-0.2, -0.15) is 0 Å². The zero-order valence-corrected chi connectivity index (χ0v) is 12.5. The number of para-hydroxylation sites is 1. The first-order chi connectivity index (χ1) is 10.3. The standard InChI is InChI=1S/C16H17N3OS/c1-2-9-19-10-7-12(8-11-19)15(20)18-16-17-13-5-3-4-6-14(13)21-16/h1,3-6,12H,7-11H2,(H,17,18,20). The fourth-order valence-electron chi connectivity index (χ4n) is 2.62. The second-order valence-electron chi connectivity index (χ2n) is 5.23. The fourth-order valence-corrected chi connectivity index (χ4v) is 3.48. The van der Waals surface area contributed by atoms with Gasteiger partial charge in [-0.05, 0) is 38.1 Å². The number of anilines is 1. The molecule has 21 heavy (non-hydrogen) atoms. The predicted octanol–water partition coefficient (Wildman–Crippen LogP) is 2.58. The number of nitrogens with one attached hydrogen (secondary N) is 1. The molecular formula is C16H17N3OS. The lowest BCUT2D eigenvalue weighted by Crippen LogP contribution is -2.38. The van der Waals surface area contributed by atoms with Gasteiger partial charge in [0.1, 0.15) is 0 Å². The Labute approximate surface area is 128 Å². The highest BCUT2D eigenvalue weighted by Crippen LogP contribution is 2.26.